The maximum atomic E-state index is 2.63. The van der Waals surface area contributed by atoms with E-state index in [-0.39, 0.29) is 5.41 Å². The van der Waals surface area contributed by atoms with Crippen molar-refractivity contribution in [3.63, 3.8) is 0 Å². The van der Waals surface area contributed by atoms with E-state index in [4.69, 9.17) is 0 Å². The summed E-state index contributed by atoms with van der Waals surface area (Å²) in [5, 5.41) is 2.55. The van der Waals surface area contributed by atoms with Gasteiger partial charge in [-0.15, -0.1) is 0 Å². The second-order valence-electron chi connectivity index (χ2n) is 14.7. The molecule has 0 heterocycles. The van der Waals surface area contributed by atoms with Crippen LogP contribution in [0.25, 0.3) is 44.2 Å². The Labute approximate surface area is 296 Å². The van der Waals surface area contributed by atoms with Crippen molar-refractivity contribution in [2.24, 2.45) is 0 Å². The average Bonchev–Trinajstić information content (AvgIpc) is 3.42. The first-order valence-corrected chi connectivity index (χ1v) is 18.4. The molecule has 1 saturated carbocycles. The molecule has 2 aliphatic carbocycles. The van der Waals surface area contributed by atoms with Gasteiger partial charge in [-0.05, 0) is 92.2 Å². The molecule has 0 amide bonds. The first-order valence-electron chi connectivity index (χ1n) is 18.4. The molecule has 2 aliphatic rings. The van der Waals surface area contributed by atoms with Gasteiger partial charge in [0, 0.05) is 16.7 Å². The number of benzene rings is 7. The molecule has 50 heavy (non-hydrogen) atoms. The van der Waals surface area contributed by atoms with Gasteiger partial charge in [-0.2, -0.15) is 0 Å². The molecule has 244 valence electrons. The summed E-state index contributed by atoms with van der Waals surface area (Å²) in [5.74, 6) is 0.554. The molecular formula is C49H43N. The normalized spacial score (nSPS) is 15.1. The van der Waals surface area contributed by atoms with E-state index >= 15 is 0 Å². The lowest BCUT2D eigenvalue weighted by Crippen LogP contribution is -2.22. The zero-order valence-corrected chi connectivity index (χ0v) is 29.1. The van der Waals surface area contributed by atoms with Gasteiger partial charge in [0.1, 0.15) is 0 Å². The SMILES string of the molecule is CC1(C)c2ccccc2-c2cccc(N(c3ccccc3-c3cccc4cccc(-c5ccccc5)c34)c3ccccc3C3CCCCC3)c21. The standard InChI is InChI=1S/C49H43N/c1-49(2)43-30-12-9-25-39(43)42-29-17-33-46(48(42)49)50(44-31-13-10-24-37(44)34-18-5-3-6-19-34)45-32-14-11-26-40(45)41-28-16-23-36-22-15-27-38(47(36)41)35-20-7-4-8-21-35/h4,7-17,20-34H,3,5-6,18-19H2,1-2H3. The van der Waals surface area contributed by atoms with Gasteiger partial charge in [-0.1, -0.05) is 173 Å². The Morgan fingerprint density at radius 2 is 1.04 bits per heavy atom. The van der Waals surface area contributed by atoms with Gasteiger partial charge in [-0.25, -0.2) is 0 Å². The van der Waals surface area contributed by atoms with Crippen LogP contribution in [-0.2, 0) is 5.41 Å². The monoisotopic (exact) mass is 645 g/mol. The van der Waals surface area contributed by atoms with Gasteiger partial charge >= 0.3 is 0 Å². The Hall–Kier alpha value is -5.40. The van der Waals surface area contributed by atoms with Crippen LogP contribution in [0.4, 0.5) is 17.1 Å². The lowest BCUT2D eigenvalue weighted by Gasteiger charge is -2.36. The molecule has 1 fully saturated rings. The minimum absolute atomic E-state index is 0.157. The summed E-state index contributed by atoms with van der Waals surface area (Å²) in [6, 6.07) is 58.8. The predicted octanol–water partition coefficient (Wildman–Crippen LogP) is 14.0. The number of rotatable bonds is 6. The molecule has 1 nitrogen and oxygen atoms in total. The van der Waals surface area contributed by atoms with E-state index in [2.05, 4.69) is 176 Å². The summed E-state index contributed by atoms with van der Waals surface area (Å²) in [6.45, 7) is 4.82. The molecule has 0 N–H and O–H groups in total. The third-order valence-electron chi connectivity index (χ3n) is 11.4. The molecule has 0 aromatic heterocycles. The van der Waals surface area contributed by atoms with Gasteiger partial charge < -0.3 is 4.90 Å². The average molecular weight is 646 g/mol. The number of hydrogen-bond donors (Lipinski definition) is 0. The Morgan fingerprint density at radius 3 is 1.84 bits per heavy atom. The molecule has 9 rings (SSSR count). The minimum Gasteiger partial charge on any atom is -0.309 e. The Balaban J connectivity index is 1.34. The Bertz CT molecular complexity index is 2340. The van der Waals surface area contributed by atoms with E-state index in [0.29, 0.717) is 5.92 Å². The van der Waals surface area contributed by atoms with E-state index in [9.17, 15) is 0 Å². The first kappa shape index (κ1) is 30.6. The third kappa shape index (κ3) is 4.99. The fourth-order valence-electron chi connectivity index (χ4n) is 9.16. The van der Waals surface area contributed by atoms with E-state index in [1.807, 2.05) is 0 Å². The van der Waals surface area contributed by atoms with Gasteiger partial charge in [-0.3, -0.25) is 0 Å². The number of hydrogen-bond acceptors (Lipinski definition) is 1. The topological polar surface area (TPSA) is 3.24 Å². The van der Waals surface area contributed by atoms with E-state index in [1.165, 1.54) is 110 Å². The van der Waals surface area contributed by atoms with Crippen molar-refractivity contribution in [3.05, 3.63) is 174 Å². The molecule has 0 radical (unpaired) electrons. The summed E-state index contributed by atoms with van der Waals surface area (Å²) in [5.41, 5.74) is 15.6. The second-order valence-corrected chi connectivity index (χ2v) is 14.7. The smallest absolute Gasteiger partial charge is 0.0540 e. The van der Waals surface area contributed by atoms with Crippen LogP contribution in [0.1, 0.15) is 68.6 Å². The molecule has 0 unspecified atom stereocenters. The molecule has 0 spiro atoms. The summed E-state index contributed by atoms with van der Waals surface area (Å²) < 4.78 is 0. The van der Waals surface area contributed by atoms with Crippen LogP contribution in [0.2, 0.25) is 0 Å². The predicted molar refractivity (Wildman–Crippen MR) is 213 cm³/mol. The van der Waals surface area contributed by atoms with Crippen molar-refractivity contribution >= 4 is 27.8 Å². The third-order valence-corrected chi connectivity index (χ3v) is 11.4. The second kappa shape index (κ2) is 12.5. The van der Waals surface area contributed by atoms with E-state index in [0.717, 1.165) is 0 Å². The van der Waals surface area contributed by atoms with Crippen LogP contribution in [0, 0.1) is 0 Å². The number of anilines is 3. The largest absolute Gasteiger partial charge is 0.309 e. The van der Waals surface area contributed by atoms with Crippen molar-refractivity contribution in [3.8, 4) is 33.4 Å². The van der Waals surface area contributed by atoms with Crippen LogP contribution in [0.15, 0.2) is 158 Å². The summed E-state index contributed by atoms with van der Waals surface area (Å²) >= 11 is 0. The Kier molecular flexibility index (Phi) is 7.65. The summed E-state index contributed by atoms with van der Waals surface area (Å²) in [7, 11) is 0. The van der Waals surface area contributed by atoms with Crippen molar-refractivity contribution in [1.29, 1.82) is 0 Å². The van der Waals surface area contributed by atoms with Crippen LogP contribution in [0.5, 0.6) is 0 Å². The van der Waals surface area contributed by atoms with Crippen molar-refractivity contribution in [2.75, 3.05) is 4.90 Å². The van der Waals surface area contributed by atoms with Crippen LogP contribution in [-0.4, -0.2) is 0 Å². The van der Waals surface area contributed by atoms with Gasteiger partial charge in [0.2, 0.25) is 0 Å². The quantitative estimate of drug-likeness (QED) is 0.174. The highest BCUT2D eigenvalue weighted by Gasteiger charge is 2.39. The van der Waals surface area contributed by atoms with Gasteiger partial charge in [0.25, 0.3) is 0 Å². The van der Waals surface area contributed by atoms with Crippen LogP contribution >= 0.6 is 0 Å². The lowest BCUT2D eigenvalue weighted by atomic mass is 9.80. The number of fused-ring (bicyclic) bond motifs is 4. The van der Waals surface area contributed by atoms with Crippen LogP contribution < -0.4 is 4.90 Å². The van der Waals surface area contributed by atoms with Crippen molar-refractivity contribution in [2.45, 2.75) is 57.3 Å². The molecule has 7 aromatic carbocycles. The molecule has 0 aliphatic heterocycles. The fraction of sp³-hybridized carbons (Fsp3) is 0.184. The molecule has 7 aromatic rings. The molecule has 0 saturated heterocycles. The summed E-state index contributed by atoms with van der Waals surface area (Å²) in [6.07, 6.45) is 6.45. The Morgan fingerprint density at radius 1 is 0.460 bits per heavy atom. The zero-order chi connectivity index (χ0) is 33.7. The van der Waals surface area contributed by atoms with E-state index in [1.54, 1.807) is 0 Å². The van der Waals surface area contributed by atoms with Gasteiger partial charge in [0.15, 0.2) is 0 Å². The highest BCUT2D eigenvalue weighted by Crippen LogP contribution is 2.56. The maximum Gasteiger partial charge on any atom is 0.0540 e. The summed E-state index contributed by atoms with van der Waals surface area (Å²) in [4.78, 5) is 2.63. The highest BCUT2D eigenvalue weighted by molar-refractivity contribution is 6.09. The molecule has 0 atom stereocenters. The highest BCUT2D eigenvalue weighted by atomic mass is 15.2. The van der Waals surface area contributed by atoms with Crippen molar-refractivity contribution < 1.29 is 0 Å². The van der Waals surface area contributed by atoms with Crippen LogP contribution in [0.3, 0.4) is 0 Å². The maximum absolute atomic E-state index is 2.63. The van der Waals surface area contributed by atoms with E-state index < -0.39 is 0 Å². The molecule has 1 heteroatoms. The fourth-order valence-corrected chi connectivity index (χ4v) is 9.16. The minimum atomic E-state index is -0.157. The number of para-hydroxylation sites is 2. The lowest BCUT2D eigenvalue weighted by molar-refractivity contribution is 0.444. The molecular weight excluding hydrogens is 603 g/mol. The van der Waals surface area contributed by atoms with Gasteiger partial charge in [0.05, 0.1) is 11.4 Å². The molecule has 0 bridgehead atoms. The number of nitrogens with zero attached hydrogens (tertiary/aromatic N) is 1. The zero-order valence-electron chi connectivity index (χ0n) is 29.1. The first-order chi connectivity index (χ1) is 24.6. The van der Waals surface area contributed by atoms with Crippen molar-refractivity contribution in [1.82, 2.24) is 0 Å².